The molecule has 14 aromatic carbocycles. The van der Waals surface area contributed by atoms with Gasteiger partial charge < -0.3 is 28.2 Å². The van der Waals surface area contributed by atoms with E-state index in [0.717, 1.165) is 99.3 Å². The van der Waals surface area contributed by atoms with E-state index in [4.69, 9.17) is 19.9 Å². The van der Waals surface area contributed by atoms with Crippen molar-refractivity contribution < 1.29 is 29.7 Å². The van der Waals surface area contributed by atoms with Gasteiger partial charge in [0.1, 0.15) is 11.6 Å². The van der Waals surface area contributed by atoms with Crippen LogP contribution in [0.25, 0.3) is 175 Å². The number of aromatic nitrogens is 8. The molecule has 0 fully saturated rings. The smallest absolute Gasteiger partial charge is 0.327 e. The molecule has 0 aliphatic carbocycles. The van der Waals surface area contributed by atoms with Crippen molar-refractivity contribution in [2.45, 2.75) is 89.5 Å². The summed E-state index contributed by atoms with van der Waals surface area (Å²) in [6.45, 7) is 24.1. The van der Waals surface area contributed by atoms with Gasteiger partial charge in [0.05, 0.1) is 73.0 Å². The minimum atomic E-state index is -0.0625. The summed E-state index contributed by atoms with van der Waals surface area (Å²) in [5.74, 6) is -0.125. The Morgan fingerprint density at radius 2 is 0.538 bits per heavy atom. The second-order valence-corrected chi connectivity index (χ2v) is 29.2. The molecule has 0 bridgehead atoms. The van der Waals surface area contributed by atoms with Gasteiger partial charge in [-0.3, -0.25) is 19.6 Å². The molecule has 0 atom stereocenters. The number of hydrogen-bond acceptors (Lipinski definition) is 6. The summed E-state index contributed by atoms with van der Waals surface area (Å²) < 4.78 is 9.47. The van der Waals surface area contributed by atoms with E-state index in [1.807, 2.05) is 26.2 Å². The Kier molecular flexibility index (Phi) is 16.3. The van der Waals surface area contributed by atoms with E-state index in [2.05, 4.69) is 292 Å². The topological polar surface area (TPSA) is 105 Å². The van der Waals surface area contributed by atoms with Crippen molar-refractivity contribution in [1.29, 1.82) is 0 Å². The Balaban J connectivity index is 0.000000142. The van der Waals surface area contributed by atoms with Crippen LogP contribution in [-0.2, 0) is 29.7 Å². The van der Waals surface area contributed by atoms with Gasteiger partial charge in [-0.1, -0.05) is 127 Å². The van der Waals surface area contributed by atoms with Crippen LogP contribution < -0.4 is 0 Å². The number of aryl methyl sites for hydroxylation is 10. The molecule has 20 aromatic rings. The summed E-state index contributed by atoms with van der Waals surface area (Å²) in [4.78, 5) is 40.4. The van der Waals surface area contributed by atoms with E-state index in [1.54, 1.807) is 0 Å². The standard InChI is InChI=1S/2C45H33N4.C5H8O2.Ir/c2*1-25-6-14-40-34(18-25)35-19-26(2)7-15-41(35)48(40)30-10-12-32-33-13-11-31(23-39(33)45-44(38(32)22-30)46-24-29(5)47-45)49-42-16-8-27(3)20-36(42)37-21-28(4)9-17-43(37)49;1-4(6)3-5(2)7;/h2*6-21,23-24H,1-5H3;3H2,1-2H3;/q2*-1;;+3. The van der Waals surface area contributed by atoms with Crippen molar-refractivity contribution in [3.63, 3.8) is 0 Å². The molecule has 514 valence electrons. The first-order chi connectivity index (χ1) is 50.8. The van der Waals surface area contributed by atoms with E-state index >= 15 is 0 Å². The zero-order chi connectivity index (χ0) is 72.1. The molecule has 0 radical (unpaired) electrons. The summed E-state index contributed by atoms with van der Waals surface area (Å²) in [5.41, 5.74) is 29.1. The monoisotopic (exact) mass is 1550 g/mol. The van der Waals surface area contributed by atoms with Crippen LogP contribution in [0.2, 0.25) is 0 Å². The first kappa shape index (κ1) is 67.2. The zero-order valence-corrected chi connectivity index (χ0v) is 63.6. The van der Waals surface area contributed by atoms with Gasteiger partial charge in [0, 0.05) is 77.9 Å². The summed E-state index contributed by atoms with van der Waals surface area (Å²) in [6.07, 6.45) is 3.84. The first-order valence-electron chi connectivity index (χ1n) is 35.9. The maximum Gasteiger partial charge on any atom is 3.00 e. The normalized spacial score (nSPS) is 11.8. The third kappa shape index (κ3) is 11.1. The number of benzene rings is 14. The van der Waals surface area contributed by atoms with Crippen LogP contribution in [0.1, 0.15) is 76.2 Å². The molecule has 10 nitrogen and oxygen atoms in total. The van der Waals surface area contributed by atoms with Gasteiger partial charge in [0.2, 0.25) is 0 Å². The number of carbonyl (C=O) groups is 2. The van der Waals surface area contributed by atoms with Crippen LogP contribution in [0.3, 0.4) is 0 Å². The molecule has 20 rings (SSSR count). The van der Waals surface area contributed by atoms with Gasteiger partial charge in [-0.05, 0) is 227 Å². The van der Waals surface area contributed by atoms with Gasteiger partial charge in [0.25, 0.3) is 0 Å². The third-order valence-corrected chi connectivity index (χ3v) is 21.0. The largest absolute Gasteiger partial charge is 3.00 e. The van der Waals surface area contributed by atoms with Crippen molar-refractivity contribution in [2.75, 3.05) is 0 Å². The number of ketones is 2. The Bertz CT molecular complexity index is 6540. The SMILES string of the molecule is CC(=O)CC(C)=O.Cc1ccc2c(c1)c1cc(C)ccc1n2-c1[c-]c2c(cc1)c1ccc(-n3c4ccc(C)cc4c4cc(C)ccc43)cc1c1nc(C)cnc21.Cc1ccc2c(c1)c1cc(C)ccc1n2-c1[c-]c2c(cc1)c1ccc(-n3c4ccc(C)cc4c4cc(C)ccc43)cc1c1nc(C)cnc21.[Ir+3]. The summed E-state index contributed by atoms with van der Waals surface area (Å²) in [6, 6.07) is 84.2. The molecule has 6 aromatic heterocycles. The van der Waals surface area contributed by atoms with E-state index in [9.17, 15) is 9.59 Å². The Labute approximate surface area is 626 Å². The van der Waals surface area contributed by atoms with E-state index < -0.39 is 0 Å². The quantitative estimate of drug-likeness (QED) is 0.0933. The van der Waals surface area contributed by atoms with Crippen molar-refractivity contribution in [3.8, 4) is 22.7 Å². The summed E-state index contributed by atoms with van der Waals surface area (Å²) in [5, 5.41) is 18.8. The first-order valence-corrected chi connectivity index (χ1v) is 35.9. The molecule has 0 saturated heterocycles. The van der Waals surface area contributed by atoms with Crippen molar-refractivity contribution in [1.82, 2.24) is 38.2 Å². The van der Waals surface area contributed by atoms with E-state index in [0.29, 0.717) is 0 Å². The average molecular weight is 1550 g/mol. The van der Waals surface area contributed by atoms with Crippen LogP contribution in [0, 0.1) is 81.4 Å². The van der Waals surface area contributed by atoms with E-state index in [-0.39, 0.29) is 38.1 Å². The minimum absolute atomic E-state index is 0. The molecule has 0 aliphatic rings. The molecule has 0 aliphatic heterocycles. The number of carbonyl (C=O) groups excluding carboxylic acids is 2. The van der Waals surface area contributed by atoms with Crippen molar-refractivity contribution in [2.24, 2.45) is 0 Å². The second-order valence-electron chi connectivity index (χ2n) is 29.2. The summed E-state index contributed by atoms with van der Waals surface area (Å²) >= 11 is 0. The third-order valence-electron chi connectivity index (χ3n) is 21.0. The van der Waals surface area contributed by atoms with Gasteiger partial charge >= 0.3 is 20.1 Å². The maximum atomic E-state index is 10.0. The molecule has 0 N–H and O–H groups in total. The minimum Gasteiger partial charge on any atom is -0.327 e. The molecule has 0 amide bonds. The predicted octanol–water partition coefficient (Wildman–Crippen LogP) is 23.5. The van der Waals surface area contributed by atoms with Gasteiger partial charge in [-0.15, -0.1) is 47.2 Å². The molecule has 0 unspecified atom stereocenters. The predicted molar refractivity (Wildman–Crippen MR) is 437 cm³/mol. The number of nitrogens with zero attached hydrogens (tertiary/aromatic N) is 8. The fraction of sp³-hybridized carbons (Fsp3) is 0.137. The molecular weight excluding hydrogens is 1480 g/mol. The van der Waals surface area contributed by atoms with Crippen LogP contribution >= 0.6 is 0 Å². The Morgan fingerprint density at radius 1 is 0.283 bits per heavy atom. The van der Waals surface area contributed by atoms with Crippen molar-refractivity contribution >= 4 is 164 Å². The number of Topliss-reactive ketones (excluding diaryl/α,β-unsaturated/α-hetero) is 2. The molecule has 0 spiro atoms. The summed E-state index contributed by atoms with van der Waals surface area (Å²) in [7, 11) is 0. The van der Waals surface area contributed by atoms with Crippen LogP contribution in [0.4, 0.5) is 0 Å². The molecule has 6 heterocycles. The van der Waals surface area contributed by atoms with Gasteiger partial charge in [-0.2, -0.15) is 0 Å². The van der Waals surface area contributed by atoms with Gasteiger partial charge in [-0.25, -0.2) is 0 Å². The van der Waals surface area contributed by atoms with E-state index in [1.165, 1.54) is 146 Å². The fourth-order valence-electron chi connectivity index (χ4n) is 16.4. The molecule has 106 heavy (non-hydrogen) atoms. The molecule has 0 saturated carbocycles. The van der Waals surface area contributed by atoms with Crippen LogP contribution in [0.5, 0.6) is 0 Å². The fourth-order valence-corrected chi connectivity index (χ4v) is 16.4. The Hall–Kier alpha value is -12.0. The number of rotatable bonds is 6. The maximum absolute atomic E-state index is 10.0. The number of hydrogen-bond donors (Lipinski definition) is 0. The zero-order valence-electron chi connectivity index (χ0n) is 61.2. The molecule has 11 heteroatoms. The van der Waals surface area contributed by atoms with Gasteiger partial charge in [0.15, 0.2) is 0 Å². The average Bonchev–Trinajstić information content (AvgIpc) is 1.27. The second kappa shape index (κ2) is 25.7. The number of fused-ring (bicyclic) bond motifs is 24. The van der Waals surface area contributed by atoms with Crippen LogP contribution in [0.15, 0.2) is 219 Å². The Morgan fingerprint density at radius 3 is 0.792 bits per heavy atom. The molecular formula is C95H74IrN8O2+. The van der Waals surface area contributed by atoms with Crippen molar-refractivity contribution in [3.05, 3.63) is 287 Å². The van der Waals surface area contributed by atoms with Crippen LogP contribution in [-0.4, -0.2) is 49.8 Å².